The van der Waals surface area contributed by atoms with Crippen molar-refractivity contribution in [3.63, 3.8) is 0 Å². The minimum absolute atomic E-state index is 0.304. The van der Waals surface area contributed by atoms with E-state index < -0.39 is 66.9 Å². The number of ether oxygens (including phenoxy) is 2. The lowest BCUT2D eigenvalue weighted by atomic mass is 10.2. The molecule has 0 aliphatic heterocycles. The van der Waals surface area contributed by atoms with Crippen molar-refractivity contribution in [3.8, 4) is 0 Å². The summed E-state index contributed by atoms with van der Waals surface area (Å²) in [6.07, 6.45) is -13.3. The minimum atomic E-state index is -5.13. The highest BCUT2D eigenvalue weighted by Gasteiger charge is 2.39. The van der Waals surface area contributed by atoms with Crippen LogP contribution < -0.4 is 5.32 Å². The first kappa shape index (κ1) is 33.3. The number of amides is 3. The lowest BCUT2D eigenvalue weighted by Crippen LogP contribution is -2.47. The highest BCUT2D eigenvalue weighted by atomic mass is 19.4. The Morgan fingerprint density at radius 1 is 0.667 bits per heavy atom. The second kappa shape index (κ2) is 13.0. The summed E-state index contributed by atoms with van der Waals surface area (Å²) in [7, 11) is 0. The smallest absolute Gasteiger partial charge is 0.444 e. The highest BCUT2D eigenvalue weighted by Crippen LogP contribution is 2.19. The van der Waals surface area contributed by atoms with Gasteiger partial charge in [0.2, 0.25) is 5.78 Å². The molecule has 0 aromatic rings. The van der Waals surface area contributed by atoms with E-state index in [2.05, 4.69) is 0 Å². The SMILES string of the molecule is CC(C)(C)OC(=O)N(CCCC(=O)C(F)(F)F)CCN(CCNC(=O)C(F)(F)F)C(=O)OC(C)(C)C. The van der Waals surface area contributed by atoms with E-state index in [1.165, 1.54) is 0 Å². The van der Waals surface area contributed by atoms with Crippen molar-refractivity contribution < 1.29 is 55.0 Å². The molecule has 3 amide bonds. The minimum Gasteiger partial charge on any atom is -0.444 e. The molecule has 0 spiro atoms. The Hall–Kier alpha value is -2.74. The average molecular weight is 537 g/mol. The lowest BCUT2D eigenvalue weighted by Gasteiger charge is -2.31. The Balaban J connectivity index is 5.44. The first-order valence-corrected chi connectivity index (χ1v) is 10.9. The van der Waals surface area contributed by atoms with E-state index in [-0.39, 0.29) is 26.1 Å². The maximum Gasteiger partial charge on any atom is 0.471 e. The van der Waals surface area contributed by atoms with Gasteiger partial charge in [-0.05, 0) is 48.0 Å². The lowest BCUT2D eigenvalue weighted by molar-refractivity contribution is -0.173. The van der Waals surface area contributed by atoms with Crippen LogP contribution in [0.25, 0.3) is 0 Å². The topological polar surface area (TPSA) is 105 Å². The number of alkyl halides is 6. The van der Waals surface area contributed by atoms with Gasteiger partial charge in [0.15, 0.2) is 0 Å². The molecule has 0 radical (unpaired) electrons. The number of nitrogens with one attached hydrogen (secondary N) is 1. The standard InChI is InChI=1S/C21H33F6N3O6/c1-18(2,3)35-16(33)29(10-7-8-14(31)20(22,23)24)12-13-30(17(34)36-19(4,5)6)11-9-28-15(32)21(25,26)27/h7-13H2,1-6H3,(H,28,32). The monoisotopic (exact) mass is 537 g/mol. The zero-order chi connectivity index (χ0) is 28.5. The molecule has 0 atom stereocenters. The van der Waals surface area contributed by atoms with Gasteiger partial charge in [0, 0.05) is 39.1 Å². The second-order valence-electron chi connectivity index (χ2n) is 9.71. The van der Waals surface area contributed by atoms with Crippen LogP contribution in [0.2, 0.25) is 0 Å². The van der Waals surface area contributed by atoms with Gasteiger partial charge in [-0.25, -0.2) is 9.59 Å². The molecule has 0 unspecified atom stereocenters. The van der Waals surface area contributed by atoms with E-state index in [1.807, 2.05) is 0 Å². The fourth-order valence-electron chi connectivity index (χ4n) is 2.46. The van der Waals surface area contributed by atoms with E-state index >= 15 is 0 Å². The van der Waals surface area contributed by atoms with Gasteiger partial charge in [0.05, 0.1) is 0 Å². The van der Waals surface area contributed by atoms with Gasteiger partial charge in [-0.3, -0.25) is 9.59 Å². The van der Waals surface area contributed by atoms with Crippen LogP contribution in [0.5, 0.6) is 0 Å². The summed E-state index contributed by atoms with van der Waals surface area (Å²) in [5.41, 5.74) is -1.95. The summed E-state index contributed by atoms with van der Waals surface area (Å²) in [5, 5.41) is 1.61. The van der Waals surface area contributed by atoms with Crippen LogP contribution in [0.15, 0.2) is 0 Å². The Kier molecular flexibility index (Phi) is 12.0. The third-order valence-electron chi connectivity index (χ3n) is 4.02. The molecule has 36 heavy (non-hydrogen) atoms. The largest absolute Gasteiger partial charge is 0.471 e. The summed E-state index contributed by atoms with van der Waals surface area (Å²) < 4.78 is 85.0. The molecule has 0 saturated heterocycles. The van der Waals surface area contributed by atoms with Gasteiger partial charge in [-0.2, -0.15) is 26.3 Å². The highest BCUT2D eigenvalue weighted by molar-refractivity contribution is 5.84. The van der Waals surface area contributed by atoms with E-state index in [4.69, 9.17) is 9.47 Å². The van der Waals surface area contributed by atoms with Gasteiger partial charge in [-0.1, -0.05) is 0 Å². The zero-order valence-corrected chi connectivity index (χ0v) is 21.1. The third-order valence-corrected chi connectivity index (χ3v) is 4.02. The van der Waals surface area contributed by atoms with Crippen molar-refractivity contribution in [1.82, 2.24) is 15.1 Å². The van der Waals surface area contributed by atoms with Crippen LogP contribution in [0.3, 0.4) is 0 Å². The molecule has 0 aromatic carbocycles. The molecule has 0 saturated carbocycles. The molecule has 0 rings (SSSR count). The van der Waals surface area contributed by atoms with Crippen molar-refractivity contribution in [2.24, 2.45) is 0 Å². The number of rotatable bonds is 10. The van der Waals surface area contributed by atoms with Crippen LogP contribution in [0.4, 0.5) is 35.9 Å². The summed E-state index contributed by atoms with van der Waals surface area (Å²) in [6, 6.07) is 0. The Labute approximate surface area is 205 Å². The number of hydrogen-bond acceptors (Lipinski definition) is 6. The van der Waals surface area contributed by atoms with E-state index in [0.717, 1.165) is 9.80 Å². The van der Waals surface area contributed by atoms with E-state index in [0.29, 0.717) is 0 Å². The van der Waals surface area contributed by atoms with Crippen LogP contribution in [-0.2, 0) is 19.1 Å². The number of nitrogens with zero attached hydrogens (tertiary/aromatic N) is 2. The van der Waals surface area contributed by atoms with E-state index in [9.17, 15) is 45.5 Å². The maximum atomic E-state index is 12.5. The van der Waals surface area contributed by atoms with Gasteiger partial charge >= 0.3 is 30.4 Å². The average Bonchev–Trinajstić information content (AvgIpc) is 2.64. The Morgan fingerprint density at radius 2 is 1.08 bits per heavy atom. The molecular formula is C21H33F6N3O6. The maximum absolute atomic E-state index is 12.5. The Morgan fingerprint density at radius 3 is 1.44 bits per heavy atom. The fourth-order valence-corrected chi connectivity index (χ4v) is 2.46. The van der Waals surface area contributed by atoms with Crippen LogP contribution in [-0.4, -0.2) is 90.0 Å². The van der Waals surface area contributed by atoms with Crippen molar-refractivity contribution in [3.05, 3.63) is 0 Å². The molecule has 0 aliphatic carbocycles. The number of carbonyl (C=O) groups excluding carboxylic acids is 4. The molecule has 1 N–H and O–H groups in total. The number of halogens is 6. The van der Waals surface area contributed by atoms with E-state index in [1.54, 1.807) is 46.9 Å². The van der Waals surface area contributed by atoms with Crippen molar-refractivity contribution >= 4 is 23.9 Å². The van der Waals surface area contributed by atoms with Gasteiger partial charge in [0.25, 0.3) is 0 Å². The summed E-state index contributed by atoms with van der Waals surface area (Å²) in [6.45, 7) is 7.30. The molecule has 0 heterocycles. The first-order valence-electron chi connectivity index (χ1n) is 10.9. The predicted molar refractivity (Wildman–Crippen MR) is 115 cm³/mol. The molecule has 0 aromatic heterocycles. The second-order valence-corrected chi connectivity index (χ2v) is 9.71. The van der Waals surface area contributed by atoms with Gasteiger partial charge < -0.3 is 24.6 Å². The quantitative estimate of drug-likeness (QED) is 0.422. The molecular weight excluding hydrogens is 504 g/mol. The van der Waals surface area contributed by atoms with Crippen LogP contribution >= 0.6 is 0 Å². The van der Waals surface area contributed by atoms with Gasteiger partial charge in [-0.15, -0.1) is 0 Å². The Bertz CT molecular complexity index is 708. The normalized spacial score (nSPS) is 12.6. The van der Waals surface area contributed by atoms with Crippen LogP contribution in [0.1, 0.15) is 54.4 Å². The summed E-state index contributed by atoms with van der Waals surface area (Å²) in [4.78, 5) is 49.1. The van der Waals surface area contributed by atoms with Gasteiger partial charge in [0.1, 0.15) is 11.2 Å². The summed E-state index contributed by atoms with van der Waals surface area (Å²) in [5.74, 6) is -4.18. The number of hydrogen-bond donors (Lipinski definition) is 1. The predicted octanol–water partition coefficient (Wildman–Crippen LogP) is 4.05. The molecule has 15 heteroatoms. The molecule has 0 bridgehead atoms. The number of Topliss-reactive ketones (excluding diaryl/α,β-unsaturated/α-hetero) is 1. The molecule has 0 fully saturated rings. The molecule has 9 nitrogen and oxygen atoms in total. The summed E-state index contributed by atoms with van der Waals surface area (Å²) >= 11 is 0. The van der Waals surface area contributed by atoms with Crippen molar-refractivity contribution in [1.29, 1.82) is 0 Å². The zero-order valence-electron chi connectivity index (χ0n) is 21.1. The number of carbonyl (C=O) groups is 4. The molecule has 210 valence electrons. The molecule has 0 aliphatic rings. The van der Waals surface area contributed by atoms with Crippen molar-refractivity contribution in [2.75, 3.05) is 32.7 Å². The third kappa shape index (κ3) is 14.6. The number of ketones is 1. The van der Waals surface area contributed by atoms with Crippen LogP contribution in [0, 0.1) is 0 Å². The van der Waals surface area contributed by atoms with Crippen molar-refractivity contribution in [2.45, 2.75) is 77.9 Å². The fraction of sp³-hybridized carbons (Fsp3) is 0.810. The first-order chi connectivity index (χ1) is 16.0.